The molecule has 1 aromatic heterocycles. The van der Waals surface area contributed by atoms with Crippen LogP contribution in [0.5, 0.6) is 0 Å². The van der Waals surface area contributed by atoms with E-state index >= 15 is 0 Å². The highest BCUT2D eigenvalue weighted by atomic mass is 32.1. The normalized spacial score (nSPS) is 25.7. The summed E-state index contributed by atoms with van der Waals surface area (Å²) in [5, 5.41) is 3.19. The lowest BCUT2D eigenvalue weighted by Gasteiger charge is -2.33. The Morgan fingerprint density at radius 2 is 2.38 bits per heavy atom. The van der Waals surface area contributed by atoms with Gasteiger partial charge < -0.3 is 10.6 Å². The number of hydrogen-bond acceptors (Lipinski definition) is 4. The van der Waals surface area contributed by atoms with Crippen molar-refractivity contribution in [2.75, 3.05) is 11.9 Å². The van der Waals surface area contributed by atoms with Crippen LogP contribution in [0.3, 0.4) is 0 Å². The Labute approximate surface area is 102 Å². The van der Waals surface area contributed by atoms with Crippen LogP contribution < -0.4 is 10.6 Å². The van der Waals surface area contributed by atoms with E-state index in [1.165, 1.54) is 25.7 Å². The molecule has 0 radical (unpaired) electrons. The average Bonchev–Trinajstić information content (AvgIpc) is 2.76. The van der Waals surface area contributed by atoms with Gasteiger partial charge in [0.05, 0.1) is 5.69 Å². The van der Waals surface area contributed by atoms with Crippen molar-refractivity contribution in [3.05, 3.63) is 11.1 Å². The first kappa shape index (κ1) is 11.9. The van der Waals surface area contributed by atoms with E-state index < -0.39 is 0 Å². The first-order valence-corrected chi connectivity index (χ1v) is 6.96. The lowest BCUT2D eigenvalue weighted by Crippen LogP contribution is -2.35. The number of nitrogens with zero attached hydrogens (tertiary/aromatic N) is 2. The number of anilines is 1. The standard InChI is InChI=1S/C12H21N3S/c1-9-4-3-5-11(6-9)15(2)12-14-10(7-13)8-16-12/h8-9,11H,3-7,13H2,1-2H3. The first-order valence-electron chi connectivity index (χ1n) is 6.08. The number of thiazole rings is 1. The van der Waals surface area contributed by atoms with Crippen molar-refractivity contribution in [2.24, 2.45) is 11.7 Å². The van der Waals surface area contributed by atoms with Crippen LogP contribution in [-0.2, 0) is 6.54 Å². The largest absolute Gasteiger partial charge is 0.348 e. The molecule has 0 amide bonds. The Bertz CT molecular complexity index is 337. The molecule has 4 heteroatoms. The van der Waals surface area contributed by atoms with Crippen LogP contribution in [0, 0.1) is 5.92 Å². The van der Waals surface area contributed by atoms with Crippen LogP contribution in [0.15, 0.2) is 5.38 Å². The van der Waals surface area contributed by atoms with Crippen molar-refractivity contribution in [1.82, 2.24) is 4.98 Å². The minimum Gasteiger partial charge on any atom is -0.348 e. The molecule has 1 saturated carbocycles. The van der Waals surface area contributed by atoms with Gasteiger partial charge >= 0.3 is 0 Å². The molecule has 2 rings (SSSR count). The SMILES string of the molecule is CC1CCCC(N(C)c2nc(CN)cs2)C1. The summed E-state index contributed by atoms with van der Waals surface area (Å²) in [6, 6.07) is 0.667. The molecule has 2 unspecified atom stereocenters. The summed E-state index contributed by atoms with van der Waals surface area (Å²) in [6.07, 6.45) is 5.34. The molecule has 2 N–H and O–H groups in total. The molecule has 1 fully saturated rings. The Morgan fingerprint density at radius 3 is 3.00 bits per heavy atom. The van der Waals surface area contributed by atoms with Crippen LogP contribution in [0.1, 0.15) is 38.3 Å². The highest BCUT2D eigenvalue weighted by Crippen LogP contribution is 2.30. The lowest BCUT2D eigenvalue weighted by molar-refractivity contribution is 0.336. The van der Waals surface area contributed by atoms with Crippen molar-refractivity contribution < 1.29 is 0 Å². The fraction of sp³-hybridized carbons (Fsp3) is 0.750. The molecule has 1 aliphatic rings. The molecule has 16 heavy (non-hydrogen) atoms. The average molecular weight is 239 g/mol. The van der Waals surface area contributed by atoms with Gasteiger partial charge in [-0.1, -0.05) is 19.8 Å². The highest BCUT2D eigenvalue weighted by molar-refractivity contribution is 7.13. The van der Waals surface area contributed by atoms with Gasteiger partial charge in [0.1, 0.15) is 0 Å². The maximum atomic E-state index is 5.59. The predicted molar refractivity (Wildman–Crippen MR) is 69.8 cm³/mol. The molecule has 1 aromatic rings. The maximum Gasteiger partial charge on any atom is 0.185 e. The van der Waals surface area contributed by atoms with Crippen molar-refractivity contribution >= 4 is 16.5 Å². The molecule has 0 aliphatic heterocycles. The number of rotatable bonds is 3. The fourth-order valence-corrected chi connectivity index (χ4v) is 3.34. The van der Waals surface area contributed by atoms with E-state index in [-0.39, 0.29) is 0 Å². The molecule has 0 bridgehead atoms. The zero-order valence-electron chi connectivity index (χ0n) is 10.1. The second kappa shape index (κ2) is 5.15. The van der Waals surface area contributed by atoms with Crippen molar-refractivity contribution in [3.8, 4) is 0 Å². The van der Waals surface area contributed by atoms with Gasteiger partial charge in [-0.3, -0.25) is 0 Å². The summed E-state index contributed by atoms with van der Waals surface area (Å²) in [5.41, 5.74) is 6.60. The Kier molecular flexibility index (Phi) is 3.82. The zero-order valence-corrected chi connectivity index (χ0v) is 11.0. The summed E-state index contributed by atoms with van der Waals surface area (Å²) in [4.78, 5) is 6.90. The summed E-state index contributed by atoms with van der Waals surface area (Å²) < 4.78 is 0. The van der Waals surface area contributed by atoms with Gasteiger partial charge in [-0.05, 0) is 18.8 Å². The molecule has 1 aliphatic carbocycles. The number of aromatic nitrogens is 1. The zero-order chi connectivity index (χ0) is 11.5. The second-order valence-corrected chi connectivity index (χ2v) is 5.70. The lowest BCUT2D eigenvalue weighted by atomic mass is 9.86. The van der Waals surface area contributed by atoms with Crippen LogP contribution in [0.4, 0.5) is 5.13 Å². The van der Waals surface area contributed by atoms with Gasteiger partial charge in [-0.25, -0.2) is 4.98 Å². The van der Waals surface area contributed by atoms with Gasteiger partial charge in [0.2, 0.25) is 0 Å². The fourth-order valence-electron chi connectivity index (χ4n) is 2.46. The van der Waals surface area contributed by atoms with Gasteiger partial charge in [0, 0.05) is 25.0 Å². The maximum absolute atomic E-state index is 5.59. The molecule has 2 atom stereocenters. The smallest absolute Gasteiger partial charge is 0.185 e. The molecule has 0 saturated heterocycles. The van der Waals surface area contributed by atoms with Crippen LogP contribution in [0.2, 0.25) is 0 Å². The van der Waals surface area contributed by atoms with Gasteiger partial charge in [-0.15, -0.1) is 11.3 Å². The summed E-state index contributed by atoms with van der Waals surface area (Å²) in [5.74, 6) is 0.857. The molecule has 3 nitrogen and oxygen atoms in total. The topological polar surface area (TPSA) is 42.2 Å². The Hall–Kier alpha value is -0.610. The third-order valence-electron chi connectivity index (χ3n) is 3.51. The predicted octanol–water partition coefficient (Wildman–Crippen LogP) is 2.62. The minimum atomic E-state index is 0.547. The summed E-state index contributed by atoms with van der Waals surface area (Å²) >= 11 is 1.71. The number of hydrogen-bond donors (Lipinski definition) is 1. The monoisotopic (exact) mass is 239 g/mol. The first-order chi connectivity index (χ1) is 7.70. The van der Waals surface area contributed by atoms with Crippen LogP contribution >= 0.6 is 11.3 Å². The molecule has 1 heterocycles. The van der Waals surface area contributed by atoms with Crippen molar-refractivity contribution in [1.29, 1.82) is 0 Å². The number of nitrogens with two attached hydrogens (primary N) is 1. The Morgan fingerprint density at radius 1 is 1.56 bits per heavy atom. The van der Waals surface area contributed by atoms with E-state index in [0.717, 1.165) is 16.7 Å². The quantitative estimate of drug-likeness (QED) is 0.881. The molecule has 0 spiro atoms. The van der Waals surface area contributed by atoms with Gasteiger partial charge in [-0.2, -0.15) is 0 Å². The third kappa shape index (κ3) is 2.55. The van der Waals surface area contributed by atoms with E-state index in [4.69, 9.17) is 5.73 Å². The molecule has 0 aromatic carbocycles. The highest BCUT2D eigenvalue weighted by Gasteiger charge is 2.23. The molecular formula is C12H21N3S. The van der Waals surface area contributed by atoms with Gasteiger partial charge in [0.15, 0.2) is 5.13 Å². The Balaban J connectivity index is 2.02. The van der Waals surface area contributed by atoms with E-state index in [9.17, 15) is 0 Å². The van der Waals surface area contributed by atoms with Crippen LogP contribution in [0.25, 0.3) is 0 Å². The third-order valence-corrected chi connectivity index (χ3v) is 4.49. The molecule has 90 valence electrons. The minimum absolute atomic E-state index is 0.547. The molecular weight excluding hydrogens is 218 g/mol. The van der Waals surface area contributed by atoms with E-state index in [2.05, 4.69) is 29.2 Å². The van der Waals surface area contributed by atoms with Crippen molar-refractivity contribution in [2.45, 2.75) is 45.2 Å². The van der Waals surface area contributed by atoms with Gasteiger partial charge in [0.25, 0.3) is 0 Å². The second-order valence-electron chi connectivity index (χ2n) is 4.86. The van der Waals surface area contributed by atoms with Crippen molar-refractivity contribution in [3.63, 3.8) is 0 Å². The summed E-state index contributed by atoms with van der Waals surface area (Å²) in [7, 11) is 2.17. The van der Waals surface area contributed by atoms with E-state index in [1.54, 1.807) is 11.3 Å². The summed E-state index contributed by atoms with van der Waals surface area (Å²) in [6.45, 7) is 2.90. The van der Waals surface area contributed by atoms with Crippen LogP contribution in [-0.4, -0.2) is 18.1 Å². The van der Waals surface area contributed by atoms with E-state index in [1.807, 2.05) is 0 Å². The van der Waals surface area contributed by atoms with E-state index in [0.29, 0.717) is 12.6 Å².